The Morgan fingerprint density at radius 3 is 2.46 bits per heavy atom. The molecule has 1 fully saturated rings. The van der Waals surface area contributed by atoms with Crippen molar-refractivity contribution in [2.24, 2.45) is 0 Å². The lowest BCUT2D eigenvalue weighted by Gasteiger charge is -2.47. The van der Waals surface area contributed by atoms with Gasteiger partial charge < -0.3 is 19.3 Å². The molecule has 0 aromatic heterocycles. The van der Waals surface area contributed by atoms with E-state index in [0.29, 0.717) is 31.1 Å². The number of hydrogen-bond donors (Lipinski definition) is 0. The molecule has 2 amide bonds. The van der Waals surface area contributed by atoms with Crippen LogP contribution in [0, 0.1) is 0 Å². The average molecular weight is 477 g/mol. The fourth-order valence-electron chi connectivity index (χ4n) is 6.23. The number of benzene rings is 2. The molecular weight excluding hydrogens is 440 g/mol. The SMILES string of the molecule is CCOc1cc2c(cc1OCC)[C@@H]1[C@H](C(=O)N3CCCC[C@@H]3CC)c3ccccc3C(=O)N1CC2. The number of piperidine rings is 1. The van der Waals surface area contributed by atoms with Crippen LogP contribution in [0.4, 0.5) is 0 Å². The fraction of sp³-hybridized carbons (Fsp3) is 0.517. The Balaban J connectivity index is 1.66. The van der Waals surface area contributed by atoms with E-state index in [1.807, 2.05) is 49.1 Å². The van der Waals surface area contributed by atoms with E-state index in [0.717, 1.165) is 54.7 Å². The van der Waals surface area contributed by atoms with E-state index in [-0.39, 0.29) is 23.9 Å². The van der Waals surface area contributed by atoms with Gasteiger partial charge in [-0.15, -0.1) is 0 Å². The van der Waals surface area contributed by atoms with Gasteiger partial charge in [0.1, 0.15) is 0 Å². The standard InChI is InChI=1S/C29H36N2O4/c1-4-20-11-9-10-15-30(20)29(33)26-21-12-7-8-13-22(21)28(32)31-16-14-19-17-24(34-5-2)25(35-6-3)18-23(19)27(26)31/h7-8,12-13,17-18,20,26-27H,4-6,9-11,14-16H2,1-3H3/t20-,26+,27+/m0/s1. The topological polar surface area (TPSA) is 59.1 Å². The minimum absolute atomic E-state index is 0.0119. The largest absolute Gasteiger partial charge is 0.490 e. The number of carbonyl (C=O) groups excluding carboxylic acids is 2. The van der Waals surface area contributed by atoms with Crippen LogP contribution >= 0.6 is 0 Å². The molecule has 0 spiro atoms. The first-order chi connectivity index (χ1) is 17.1. The molecule has 6 heteroatoms. The predicted octanol–water partition coefficient (Wildman–Crippen LogP) is 5.11. The van der Waals surface area contributed by atoms with Crippen LogP contribution in [0.5, 0.6) is 11.5 Å². The average Bonchev–Trinajstić information content (AvgIpc) is 2.89. The molecule has 35 heavy (non-hydrogen) atoms. The number of nitrogens with zero attached hydrogens (tertiary/aromatic N) is 2. The van der Waals surface area contributed by atoms with Crippen molar-refractivity contribution in [3.8, 4) is 11.5 Å². The third-order valence-electron chi connectivity index (χ3n) is 7.83. The molecule has 3 aliphatic heterocycles. The van der Waals surface area contributed by atoms with Crippen molar-refractivity contribution in [2.45, 2.75) is 70.9 Å². The lowest BCUT2D eigenvalue weighted by molar-refractivity contribution is -0.138. The number of carbonyl (C=O) groups is 2. The van der Waals surface area contributed by atoms with Crippen LogP contribution in [0.1, 0.15) is 85.5 Å². The smallest absolute Gasteiger partial charge is 0.254 e. The van der Waals surface area contributed by atoms with Crippen molar-refractivity contribution in [1.82, 2.24) is 9.80 Å². The van der Waals surface area contributed by atoms with Gasteiger partial charge >= 0.3 is 0 Å². The van der Waals surface area contributed by atoms with Gasteiger partial charge in [-0.2, -0.15) is 0 Å². The molecule has 0 aliphatic carbocycles. The lowest BCUT2D eigenvalue weighted by Crippen LogP contribution is -2.53. The molecule has 0 radical (unpaired) electrons. The summed E-state index contributed by atoms with van der Waals surface area (Å²) >= 11 is 0. The van der Waals surface area contributed by atoms with Gasteiger partial charge in [0.05, 0.1) is 25.2 Å². The summed E-state index contributed by atoms with van der Waals surface area (Å²) in [4.78, 5) is 32.0. The zero-order valence-corrected chi connectivity index (χ0v) is 21.1. The second-order valence-corrected chi connectivity index (χ2v) is 9.71. The van der Waals surface area contributed by atoms with Crippen molar-refractivity contribution in [1.29, 1.82) is 0 Å². The van der Waals surface area contributed by atoms with Gasteiger partial charge in [0.15, 0.2) is 11.5 Å². The van der Waals surface area contributed by atoms with Crippen LogP contribution in [0.15, 0.2) is 36.4 Å². The second kappa shape index (κ2) is 9.92. The predicted molar refractivity (Wildman–Crippen MR) is 135 cm³/mol. The van der Waals surface area contributed by atoms with Crippen LogP contribution in [0.2, 0.25) is 0 Å². The molecule has 2 aromatic rings. The molecular formula is C29H36N2O4. The quantitative estimate of drug-likeness (QED) is 0.581. The number of fused-ring (bicyclic) bond motifs is 4. The highest BCUT2D eigenvalue weighted by atomic mass is 16.5. The van der Waals surface area contributed by atoms with Gasteiger partial charge in [-0.1, -0.05) is 25.1 Å². The van der Waals surface area contributed by atoms with Crippen LogP contribution in [0.25, 0.3) is 0 Å². The normalized spacial score (nSPS) is 23.3. The first-order valence-electron chi connectivity index (χ1n) is 13.2. The van der Waals surface area contributed by atoms with Crippen molar-refractivity contribution >= 4 is 11.8 Å². The third kappa shape index (κ3) is 4.07. The lowest BCUT2D eigenvalue weighted by atomic mass is 9.75. The second-order valence-electron chi connectivity index (χ2n) is 9.71. The van der Waals surface area contributed by atoms with Gasteiger partial charge in [0.2, 0.25) is 5.91 Å². The van der Waals surface area contributed by atoms with E-state index in [1.54, 1.807) is 0 Å². The molecule has 3 heterocycles. The Hall–Kier alpha value is -3.02. The number of hydrogen-bond acceptors (Lipinski definition) is 4. The Kier molecular flexibility index (Phi) is 6.72. The Morgan fingerprint density at radius 2 is 1.71 bits per heavy atom. The molecule has 0 bridgehead atoms. The van der Waals surface area contributed by atoms with E-state index in [9.17, 15) is 9.59 Å². The maximum absolute atomic E-state index is 14.4. The fourth-order valence-corrected chi connectivity index (χ4v) is 6.23. The van der Waals surface area contributed by atoms with Gasteiger partial charge in [0.25, 0.3) is 5.91 Å². The first kappa shape index (κ1) is 23.7. The molecule has 186 valence electrons. The summed E-state index contributed by atoms with van der Waals surface area (Å²) in [6.07, 6.45) is 4.93. The first-order valence-corrected chi connectivity index (χ1v) is 13.2. The van der Waals surface area contributed by atoms with Gasteiger partial charge in [-0.05, 0) is 80.8 Å². The molecule has 2 aromatic carbocycles. The summed E-state index contributed by atoms with van der Waals surface area (Å²) in [5, 5.41) is 0. The maximum atomic E-state index is 14.4. The molecule has 5 rings (SSSR count). The van der Waals surface area contributed by atoms with Crippen molar-refractivity contribution in [3.05, 3.63) is 58.7 Å². The Bertz CT molecular complexity index is 1110. The van der Waals surface area contributed by atoms with Gasteiger partial charge in [0, 0.05) is 24.7 Å². The summed E-state index contributed by atoms with van der Waals surface area (Å²) in [7, 11) is 0. The third-order valence-corrected chi connectivity index (χ3v) is 7.83. The molecule has 1 saturated heterocycles. The van der Waals surface area contributed by atoms with Gasteiger partial charge in [-0.3, -0.25) is 9.59 Å². The highest BCUT2D eigenvalue weighted by Gasteiger charge is 2.48. The molecule has 0 saturated carbocycles. The zero-order chi connectivity index (χ0) is 24.5. The summed E-state index contributed by atoms with van der Waals surface area (Å²) in [6, 6.07) is 11.7. The van der Waals surface area contributed by atoms with Crippen LogP contribution in [-0.2, 0) is 11.2 Å². The van der Waals surface area contributed by atoms with E-state index in [2.05, 4.69) is 17.9 Å². The minimum atomic E-state index is -0.428. The molecule has 6 nitrogen and oxygen atoms in total. The van der Waals surface area contributed by atoms with Crippen molar-refractivity contribution < 1.29 is 19.1 Å². The van der Waals surface area contributed by atoms with E-state index >= 15 is 0 Å². The zero-order valence-electron chi connectivity index (χ0n) is 21.1. The summed E-state index contributed by atoms with van der Waals surface area (Å²) in [6.45, 7) is 8.53. The Labute approximate surface area is 208 Å². The van der Waals surface area contributed by atoms with Crippen LogP contribution in [0.3, 0.4) is 0 Å². The monoisotopic (exact) mass is 476 g/mol. The highest BCUT2D eigenvalue weighted by Crippen LogP contribution is 2.49. The van der Waals surface area contributed by atoms with E-state index in [4.69, 9.17) is 9.47 Å². The number of rotatable bonds is 6. The van der Waals surface area contributed by atoms with Gasteiger partial charge in [-0.25, -0.2) is 0 Å². The summed E-state index contributed by atoms with van der Waals surface area (Å²) < 4.78 is 11.8. The highest BCUT2D eigenvalue weighted by molar-refractivity contribution is 6.01. The molecule has 0 N–H and O–H groups in total. The van der Waals surface area contributed by atoms with Crippen molar-refractivity contribution in [3.63, 3.8) is 0 Å². The summed E-state index contributed by atoms with van der Waals surface area (Å²) in [5.41, 5.74) is 3.65. The minimum Gasteiger partial charge on any atom is -0.490 e. The van der Waals surface area contributed by atoms with Crippen LogP contribution in [-0.4, -0.2) is 54.0 Å². The number of likely N-dealkylation sites (tertiary alicyclic amines) is 1. The van der Waals surface area contributed by atoms with Crippen LogP contribution < -0.4 is 9.47 Å². The maximum Gasteiger partial charge on any atom is 0.254 e. The number of amides is 2. The molecule has 3 aliphatic rings. The van der Waals surface area contributed by atoms with E-state index < -0.39 is 5.92 Å². The Morgan fingerprint density at radius 1 is 0.971 bits per heavy atom. The molecule has 3 atom stereocenters. The summed E-state index contributed by atoms with van der Waals surface area (Å²) in [5.74, 6) is 1.14. The number of ether oxygens (including phenoxy) is 2. The molecule has 0 unspecified atom stereocenters. The van der Waals surface area contributed by atoms with E-state index in [1.165, 1.54) is 6.42 Å². The van der Waals surface area contributed by atoms with Crippen molar-refractivity contribution in [2.75, 3.05) is 26.3 Å².